The Morgan fingerprint density at radius 1 is 1.18 bits per heavy atom. The average Bonchev–Trinajstić information content (AvgIpc) is 3.10. The first kappa shape index (κ1) is 25.5. The van der Waals surface area contributed by atoms with Crippen LogP contribution in [0.25, 0.3) is 0 Å². The van der Waals surface area contributed by atoms with Gasteiger partial charge in [-0.2, -0.15) is 0 Å². The zero-order chi connectivity index (χ0) is 25.1. The third kappa shape index (κ3) is 5.34. The fourth-order valence-electron chi connectivity index (χ4n) is 3.82. The molecule has 182 valence electrons. The van der Waals surface area contributed by atoms with Crippen molar-refractivity contribution in [1.29, 1.82) is 0 Å². The summed E-state index contributed by atoms with van der Waals surface area (Å²) in [5.74, 6) is -1.42. The smallest absolute Gasteiger partial charge is 0.467 e. The molecule has 0 spiro atoms. The molecule has 2 aromatic carbocycles. The number of amides is 1. The second kappa shape index (κ2) is 10.0. The van der Waals surface area contributed by atoms with Gasteiger partial charge in [-0.15, -0.1) is 13.2 Å². The minimum Gasteiger partial charge on any atom is -0.467 e. The molecule has 1 atom stereocenters. The fraction of sp³-hybridized carbons (Fsp3) is 0.348. The number of alkyl halides is 3. The lowest BCUT2D eigenvalue weighted by Crippen LogP contribution is -2.49. The Labute approximate surface area is 199 Å². The van der Waals surface area contributed by atoms with Crippen LogP contribution in [-0.2, 0) is 25.5 Å². The molecular weight excluding hydrogens is 477 g/mol. The molecule has 3 rings (SSSR count). The van der Waals surface area contributed by atoms with E-state index in [0.717, 1.165) is 17.7 Å². The van der Waals surface area contributed by atoms with Gasteiger partial charge in [0, 0.05) is 36.8 Å². The second-order valence-corrected chi connectivity index (χ2v) is 7.90. The van der Waals surface area contributed by atoms with Crippen molar-refractivity contribution in [2.24, 2.45) is 4.99 Å². The summed E-state index contributed by atoms with van der Waals surface area (Å²) in [4.78, 5) is 31.0. The summed E-state index contributed by atoms with van der Waals surface area (Å²) >= 11 is 6.09. The number of halogens is 4. The summed E-state index contributed by atoms with van der Waals surface area (Å²) < 4.78 is 51.7. The van der Waals surface area contributed by atoms with E-state index >= 15 is 0 Å². The Kier molecular flexibility index (Phi) is 7.52. The molecule has 1 aliphatic rings. The van der Waals surface area contributed by atoms with Crippen molar-refractivity contribution in [3.8, 4) is 5.75 Å². The van der Waals surface area contributed by atoms with E-state index in [9.17, 15) is 22.8 Å². The first-order valence-corrected chi connectivity index (χ1v) is 10.5. The normalized spacial score (nSPS) is 18.5. The van der Waals surface area contributed by atoms with Crippen LogP contribution in [0, 0.1) is 0 Å². The van der Waals surface area contributed by atoms with Gasteiger partial charge < -0.3 is 19.1 Å². The van der Waals surface area contributed by atoms with E-state index in [2.05, 4.69) is 9.73 Å². The van der Waals surface area contributed by atoms with Crippen LogP contribution in [0.4, 0.5) is 18.9 Å². The number of nitrogens with zero attached hydrogens (tertiary/aromatic N) is 2. The summed E-state index contributed by atoms with van der Waals surface area (Å²) in [6.07, 6.45) is -4.76. The van der Waals surface area contributed by atoms with Crippen molar-refractivity contribution in [3.05, 3.63) is 58.6 Å². The second-order valence-electron chi connectivity index (χ2n) is 7.46. The number of carbonyl (C=O) groups excluding carboxylic acids is 2. The lowest BCUT2D eigenvalue weighted by molar-refractivity contribution is -0.274. The predicted octanol–water partition coefficient (Wildman–Crippen LogP) is 4.20. The third-order valence-corrected chi connectivity index (χ3v) is 5.61. The molecule has 0 aromatic heterocycles. The minimum absolute atomic E-state index is 0.107. The topological polar surface area (TPSA) is 77.4 Å². The van der Waals surface area contributed by atoms with Crippen molar-refractivity contribution in [1.82, 2.24) is 0 Å². The number of aliphatic imine (C=N–C) groups is 1. The van der Waals surface area contributed by atoms with E-state index in [1.807, 2.05) is 0 Å². The number of benzene rings is 2. The molecule has 0 fully saturated rings. The van der Waals surface area contributed by atoms with Crippen LogP contribution in [0.15, 0.2) is 47.5 Å². The largest absolute Gasteiger partial charge is 0.573 e. The standard InChI is InChI=1S/C23H22ClF3N2O5/c1-28-20-18-9-4-15(24)12-14(18)13-22(20,21(31)32-3)33-11-10-19(30)29(2)16-5-7-17(8-6-16)34-23(25,26)27/h4-9,12H,10-11,13H2,1-3H3. The summed E-state index contributed by atoms with van der Waals surface area (Å²) in [6.45, 7) is -0.131. The molecule has 0 saturated heterocycles. The number of methoxy groups -OCH3 is 1. The van der Waals surface area contributed by atoms with Gasteiger partial charge in [0.1, 0.15) is 5.75 Å². The number of carbonyl (C=O) groups is 2. The summed E-state index contributed by atoms with van der Waals surface area (Å²) in [5.41, 5.74) is 0.699. The minimum atomic E-state index is -4.80. The number of fused-ring (bicyclic) bond motifs is 1. The molecule has 0 heterocycles. The monoisotopic (exact) mass is 498 g/mol. The van der Waals surface area contributed by atoms with E-state index in [4.69, 9.17) is 21.1 Å². The van der Waals surface area contributed by atoms with Gasteiger partial charge in [0.15, 0.2) is 0 Å². The van der Waals surface area contributed by atoms with Gasteiger partial charge in [-0.3, -0.25) is 9.79 Å². The quantitative estimate of drug-likeness (QED) is 0.535. The highest BCUT2D eigenvalue weighted by atomic mass is 35.5. The lowest BCUT2D eigenvalue weighted by Gasteiger charge is -2.27. The van der Waals surface area contributed by atoms with Crippen LogP contribution in [0.3, 0.4) is 0 Å². The molecule has 0 aliphatic heterocycles. The van der Waals surface area contributed by atoms with Gasteiger partial charge in [-0.1, -0.05) is 17.7 Å². The number of hydrogen-bond donors (Lipinski definition) is 0. The molecular formula is C23H22ClF3N2O5. The average molecular weight is 499 g/mol. The van der Waals surface area contributed by atoms with Crippen molar-refractivity contribution in [3.63, 3.8) is 0 Å². The van der Waals surface area contributed by atoms with Gasteiger partial charge >= 0.3 is 12.3 Å². The fourth-order valence-corrected chi connectivity index (χ4v) is 4.01. The summed E-state index contributed by atoms with van der Waals surface area (Å²) in [6, 6.07) is 10.0. The van der Waals surface area contributed by atoms with E-state index < -0.39 is 23.7 Å². The number of anilines is 1. The van der Waals surface area contributed by atoms with E-state index in [-0.39, 0.29) is 25.4 Å². The third-order valence-electron chi connectivity index (χ3n) is 5.38. The molecule has 34 heavy (non-hydrogen) atoms. The number of ether oxygens (including phenoxy) is 3. The molecule has 1 unspecified atom stereocenters. The molecule has 7 nitrogen and oxygen atoms in total. The SMILES string of the molecule is CN=C1c2ccc(Cl)cc2CC1(OCCC(=O)N(C)c1ccc(OC(F)(F)F)cc1)C(=O)OC. The zero-order valence-corrected chi connectivity index (χ0v) is 19.4. The predicted molar refractivity (Wildman–Crippen MR) is 119 cm³/mol. The Morgan fingerprint density at radius 3 is 2.44 bits per heavy atom. The maximum absolute atomic E-state index is 12.8. The molecule has 2 aromatic rings. The Morgan fingerprint density at radius 2 is 1.85 bits per heavy atom. The van der Waals surface area contributed by atoms with Gasteiger partial charge in [-0.25, -0.2) is 4.79 Å². The highest BCUT2D eigenvalue weighted by Gasteiger charge is 2.51. The molecule has 11 heteroatoms. The first-order valence-electron chi connectivity index (χ1n) is 10.1. The van der Waals surface area contributed by atoms with Gasteiger partial charge in [0.05, 0.1) is 25.8 Å². The van der Waals surface area contributed by atoms with Gasteiger partial charge in [-0.05, 0) is 42.0 Å². The van der Waals surface area contributed by atoms with Gasteiger partial charge in [0.25, 0.3) is 0 Å². The van der Waals surface area contributed by atoms with Crippen LogP contribution < -0.4 is 9.64 Å². The Balaban J connectivity index is 1.69. The molecule has 0 radical (unpaired) electrons. The Hall–Kier alpha value is -3.11. The molecule has 0 saturated carbocycles. The molecule has 0 N–H and O–H groups in total. The summed E-state index contributed by atoms with van der Waals surface area (Å²) in [7, 11) is 4.25. The zero-order valence-electron chi connectivity index (χ0n) is 18.6. The lowest BCUT2D eigenvalue weighted by atomic mass is 9.97. The first-order chi connectivity index (χ1) is 16.0. The molecule has 1 amide bonds. The van der Waals surface area contributed by atoms with Crippen LogP contribution in [0.1, 0.15) is 17.5 Å². The van der Waals surface area contributed by atoms with E-state index in [1.54, 1.807) is 18.2 Å². The highest BCUT2D eigenvalue weighted by Crippen LogP contribution is 2.36. The Bertz CT molecular complexity index is 1100. The maximum atomic E-state index is 12.8. The highest BCUT2D eigenvalue weighted by molar-refractivity contribution is 6.31. The molecule has 0 bridgehead atoms. The van der Waals surface area contributed by atoms with Crippen molar-refractivity contribution < 1.29 is 37.0 Å². The van der Waals surface area contributed by atoms with Crippen LogP contribution in [-0.4, -0.2) is 57.4 Å². The van der Waals surface area contributed by atoms with Crippen LogP contribution in [0.5, 0.6) is 5.75 Å². The van der Waals surface area contributed by atoms with Crippen LogP contribution in [0.2, 0.25) is 5.02 Å². The summed E-state index contributed by atoms with van der Waals surface area (Å²) in [5, 5.41) is 0.498. The van der Waals surface area contributed by atoms with Crippen molar-refractivity contribution >= 4 is 34.9 Å². The van der Waals surface area contributed by atoms with E-state index in [1.165, 1.54) is 38.2 Å². The van der Waals surface area contributed by atoms with E-state index in [0.29, 0.717) is 22.0 Å². The van der Waals surface area contributed by atoms with Crippen molar-refractivity contribution in [2.75, 3.05) is 32.7 Å². The van der Waals surface area contributed by atoms with Crippen molar-refractivity contribution in [2.45, 2.75) is 24.8 Å². The maximum Gasteiger partial charge on any atom is 0.573 e. The molecule has 1 aliphatic carbocycles. The van der Waals surface area contributed by atoms with Crippen LogP contribution >= 0.6 is 11.6 Å². The number of esters is 1. The number of hydrogen-bond acceptors (Lipinski definition) is 6. The van der Waals surface area contributed by atoms with Gasteiger partial charge in [0.2, 0.25) is 11.5 Å². The number of rotatable bonds is 7.